The molecule has 0 saturated heterocycles. The van der Waals surface area contributed by atoms with Gasteiger partial charge in [-0.2, -0.15) is 0 Å². The summed E-state index contributed by atoms with van der Waals surface area (Å²) >= 11 is 7.43. The number of carbonyl (C=O) groups is 1. The summed E-state index contributed by atoms with van der Waals surface area (Å²) in [5, 5.41) is 5.91. The molecule has 0 fully saturated rings. The Morgan fingerprint density at radius 3 is 3.14 bits per heavy atom. The average molecular weight is 325 g/mol. The molecule has 2 aromatic rings. The summed E-state index contributed by atoms with van der Waals surface area (Å²) in [5.74, 6) is 1.000. The molecule has 3 rings (SSSR count). The van der Waals surface area contributed by atoms with Crippen LogP contribution in [0.15, 0.2) is 28.9 Å². The van der Waals surface area contributed by atoms with Crippen molar-refractivity contribution in [2.24, 2.45) is 0 Å². The van der Waals surface area contributed by atoms with Crippen LogP contribution in [0, 0.1) is 0 Å². The van der Waals surface area contributed by atoms with Gasteiger partial charge in [-0.25, -0.2) is 4.79 Å². The molecule has 1 atom stereocenters. The minimum absolute atomic E-state index is 0.0590. The Balaban J connectivity index is 1.47. The summed E-state index contributed by atoms with van der Waals surface area (Å²) in [6.07, 6.45) is 5.45. The zero-order valence-electron chi connectivity index (χ0n) is 11.5. The van der Waals surface area contributed by atoms with Gasteiger partial charge in [-0.15, -0.1) is 11.3 Å². The highest BCUT2D eigenvalue weighted by Crippen LogP contribution is 2.30. The first kappa shape index (κ1) is 14.5. The zero-order chi connectivity index (χ0) is 14.7. The number of rotatable bonds is 4. The standard InChI is InChI=1S/C15H17ClN2O2S/c16-14-5-4-10(21-14)6-8-17-15(19)18-12-2-1-3-13-11(12)7-9-20-13/h4-5,7,9,12H,1-3,6,8H2,(H2,17,18,19). The Bertz CT molecular complexity index is 623. The maximum atomic E-state index is 12.0. The second kappa shape index (κ2) is 6.54. The molecule has 2 N–H and O–H groups in total. The fraction of sp³-hybridized carbons (Fsp3) is 0.400. The normalized spacial score (nSPS) is 17.3. The predicted molar refractivity (Wildman–Crippen MR) is 84.0 cm³/mol. The number of furan rings is 1. The molecule has 1 aliphatic carbocycles. The number of urea groups is 1. The Kier molecular flexibility index (Phi) is 4.51. The van der Waals surface area contributed by atoms with Crippen LogP contribution in [0.4, 0.5) is 4.79 Å². The summed E-state index contributed by atoms with van der Waals surface area (Å²) in [6, 6.07) is 5.75. The fourth-order valence-corrected chi connectivity index (χ4v) is 3.72. The first-order valence-electron chi connectivity index (χ1n) is 7.07. The molecule has 0 aromatic carbocycles. The van der Waals surface area contributed by atoms with Crippen LogP contribution in [-0.2, 0) is 12.8 Å². The van der Waals surface area contributed by atoms with E-state index in [1.807, 2.05) is 18.2 Å². The van der Waals surface area contributed by atoms with Crippen LogP contribution < -0.4 is 10.6 Å². The molecule has 0 radical (unpaired) electrons. The molecule has 0 spiro atoms. The highest BCUT2D eigenvalue weighted by molar-refractivity contribution is 7.16. The van der Waals surface area contributed by atoms with Crippen molar-refractivity contribution in [1.82, 2.24) is 10.6 Å². The van der Waals surface area contributed by atoms with E-state index in [9.17, 15) is 4.79 Å². The van der Waals surface area contributed by atoms with E-state index in [4.69, 9.17) is 16.0 Å². The highest BCUT2D eigenvalue weighted by atomic mass is 35.5. The molecule has 2 aromatic heterocycles. The van der Waals surface area contributed by atoms with Gasteiger partial charge in [0.25, 0.3) is 0 Å². The molecule has 1 unspecified atom stereocenters. The smallest absolute Gasteiger partial charge is 0.315 e. The highest BCUT2D eigenvalue weighted by Gasteiger charge is 2.23. The lowest BCUT2D eigenvalue weighted by Gasteiger charge is -2.22. The molecule has 0 bridgehead atoms. The molecule has 112 valence electrons. The van der Waals surface area contributed by atoms with Crippen molar-refractivity contribution in [2.75, 3.05) is 6.54 Å². The van der Waals surface area contributed by atoms with Crippen molar-refractivity contribution < 1.29 is 9.21 Å². The Labute approximate surface area is 132 Å². The van der Waals surface area contributed by atoms with Gasteiger partial charge in [0.1, 0.15) is 5.76 Å². The molecule has 1 aliphatic rings. The molecular weight excluding hydrogens is 308 g/mol. The Morgan fingerprint density at radius 2 is 2.33 bits per heavy atom. The second-order valence-corrected chi connectivity index (χ2v) is 6.90. The lowest BCUT2D eigenvalue weighted by molar-refractivity contribution is 0.235. The average Bonchev–Trinajstić information content (AvgIpc) is 3.08. The molecule has 0 saturated carbocycles. The van der Waals surface area contributed by atoms with E-state index in [0.717, 1.165) is 41.3 Å². The lowest BCUT2D eigenvalue weighted by Crippen LogP contribution is -2.39. The first-order chi connectivity index (χ1) is 10.2. The van der Waals surface area contributed by atoms with Crippen LogP contribution in [-0.4, -0.2) is 12.6 Å². The molecular formula is C15H17ClN2O2S. The first-order valence-corrected chi connectivity index (χ1v) is 8.26. The number of nitrogens with one attached hydrogen (secondary N) is 2. The quantitative estimate of drug-likeness (QED) is 0.895. The largest absolute Gasteiger partial charge is 0.469 e. The van der Waals surface area contributed by atoms with Crippen molar-refractivity contribution >= 4 is 29.0 Å². The maximum Gasteiger partial charge on any atom is 0.315 e. The fourth-order valence-electron chi connectivity index (χ4n) is 2.63. The van der Waals surface area contributed by atoms with Crippen molar-refractivity contribution in [3.8, 4) is 0 Å². The van der Waals surface area contributed by atoms with E-state index in [0.29, 0.717) is 6.54 Å². The van der Waals surface area contributed by atoms with Gasteiger partial charge in [-0.3, -0.25) is 0 Å². The van der Waals surface area contributed by atoms with Gasteiger partial charge in [0.15, 0.2) is 0 Å². The van der Waals surface area contributed by atoms with Gasteiger partial charge < -0.3 is 15.1 Å². The van der Waals surface area contributed by atoms with Crippen LogP contribution in [0.2, 0.25) is 4.34 Å². The van der Waals surface area contributed by atoms with Gasteiger partial charge >= 0.3 is 6.03 Å². The van der Waals surface area contributed by atoms with Crippen molar-refractivity contribution in [3.05, 3.63) is 45.0 Å². The SMILES string of the molecule is O=C(NCCc1ccc(Cl)s1)NC1CCCc2occc21. The zero-order valence-corrected chi connectivity index (χ0v) is 13.1. The van der Waals surface area contributed by atoms with Crippen LogP contribution in [0.1, 0.15) is 35.1 Å². The van der Waals surface area contributed by atoms with E-state index < -0.39 is 0 Å². The third-order valence-corrected chi connectivity index (χ3v) is 4.93. The van der Waals surface area contributed by atoms with Crippen LogP contribution in [0.5, 0.6) is 0 Å². The van der Waals surface area contributed by atoms with Gasteiger partial charge in [0, 0.05) is 23.4 Å². The number of fused-ring (bicyclic) bond motifs is 1. The summed E-state index contributed by atoms with van der Waals surface area (Å²) in [6.45, 7) is 0.605. The van der Waals surface area contributed by atoms with Crippen LogP contribution >= 0.6 is 22.9 Å². The van der Waals surface area contributed by atoms with E-state index in [1.54, 1.807) is 17.6 Å². The molecule has 4 nitrogen and oxygen atoms in total. The minimum Gasteiger partial charge on any atom is -0.469 e. The van der Waals surface area contributed by atoms with Gasteiger partial charge in [-0.1, -0.05) is 11.6 Å². The summed E-state index contributed by atoms with van der Waals surface area (Å²) in [7, 11) is 0. The molecule has 0 aliphatic heterocycles. The minimum atomic E-state index is -0.128. The van der Waals surface area contributed by atoms with Crippen molar-refractivity contribution in [2.45, 2.75) is 31.7 Å². The number of amides is 2. The Morgan fingerprint density at radius 1 is 1.43 bits per heavy atom. The predicted octanol–water partition coefficient (Wildman–Crippen LogP) is 3.91. The second-order valence-electron chi connectivity index (χ2n) is 5.10. The molecule has 6 heteroatoms. The number of carbonyl (C=O) groups excluding carboxylic acids is 1. The van der Waals surface area contributed by atoms with Gasteiger partial charge in [0.05, 0.1) is 16.6 Å². The van der Waals surface area contributed by atoms with Gasteiger partial charge in [0.2, 0.25) is 0 Å². The summed E-state index contributed by atoms with van der Waals surface area (Å²) in [5.41, 5.74) is 1.11. The number of hydrogen-bond acceptors (Lipinski definition) is 3. The summed E-state index contributed by atoms with van der Waals surface area (Å²) < 4.78 is 6.21. The molecule has 2 heterocycles. The topological polar surface area (TPSA) is 54.3 Å². The van der Waals surface area contributed by atoms with Crippen molar-refractivity contribution in [3.63, 3.8) is 0 Å². The number of hydrogen-bond donors (Lipinski definition) is 2. The van der Waals surface area contributed by atoms with E-state index in [2.05, 4.69) is 10.6 Å². The molecule has 21 heavy (non-hydrogen) atoms. The number of thiophene rings is 1. The third kappa shape index (κ3) is 3.60. The third-order valence-electron chi connectivity index (χ3n) is 3.64. The number of halogens is 1. The van der Waals surface area contributed by atoms with Crippen LogP contribution in [0.25, 0.3) is 0 Å². The maximum absolute atomic E-state index is 12.0. The van der Waals surface area contributed by atoms with Crippen LogP contribution in [0.3, 0.4) is 0 Å². The van der Waals surface area contributed by atoms with Gasteiger partial charge in [-0.05, 0) is 37.5 Å². The Hall–Kier alpha value is -1.46. The van der Waals surface area contributed by atoms with E-state index in [-0.39, 0.29) is 12.1 Å². The summed E-state index contributed by atoms with van der Waals surface area (Å²) in [4.78, 5) is 13.1. The lowest BCUT2D eigenvalue weighted by atomic mass is 9.93. The van der Waals surface area contributed by atoms with E-state index >= 15 is 0 Å². The number of aryl methyl sites for hydroxylation is 1. The monoisotopic (exact) mass is 324 g/mol. The molecule has 2 amide bonds. The van der Waals surface area contributed by atoms with E-state index in [1.165, 1.54) is 4.88 Å². The van der Waals surface area contributed by atoms with Crippen molar-refractivity contribution in [1.29, 1.82) is 0 Å².